The molecule has 0 fully saturated rings. The number of methoxy groups -OCH3 is 1. The summed E-state index contributed by atoms with van der Waals surface area (Å²) >= 11 is 0. The van der Waals surface area contributed by atoms with Crippen molar-refractivity contribution in [2.45, 2.75) is 20.3 Å². The summed E-state index contributed by atoms with van der Waals surface area (Å²) in [6.07, 6.45) is 2.65. The van der Waals surface area contributed by atoms with E-state index >= 15 is 0 Å². The van der Waals surface area contributed by atoms with Crippen LogP contribution in [0.25, 0.3) is 5.76 Å². The molecule has 1 aliphatic heterocycles. The van der Waals surface area contributed by atoms with Crippen molar-refractivity contribution >= 4 is 11.5 Å². The molecule has 18 heavy (non-hydrogen) atoms. The van der Waals surface area contributed by atoms with Crippen molar-refractivity contribution in [3.63, 3.8) is 0 Å². The van der Waals surface area contributed by atoms with Crippen LogP contribution in [0.2, 0.25) is 0 Å². The van der Waals surface area contributed by atoms with Crippen molar-refractivity contribution in [2.24, 2.45) is 5.41 Å². The largest absolute Gasteiger partial charge is 0.624 e. The lowest BCUT2D eigenvalue weighted by Gasteiger charge is -2.10. The summed E-state index contributed by atoms with van der Waals surface area (Å²) in [7, 11) is 1.63. The Balaban J connectivity index is 2.29. The van der Waals surface area contributed by atoms with Crippen LogP contribution >= 0.6 is 0 Å². The molecule has 2 rings (SSSR count). The maximum atomic E-state index is 11.9. The Bertz CT molecular complexity index is 486. The van der Waals surface area contributed by atoms with E-state index in [1.807, 2.05) is 36.4 Å². The molecule has 1 aromatic rings. The van der Waals surface area contributed by atoms with Crippen molar-refractivity contribution in [2.75, 3.05) is 13.7 Å². The normalized spacial score (nSPS) is 19.2. The van der Waals surface area contributed by atoms with Gasteiger partial charge < -0.3 is 9.94 Å². The van der Waals surface area contributed by atoms with E-state index in [-0.39, 0.29) is 5.41 Å². The summed E-state index contributed by atoms with van der Waals surface area (Å²) in [6, 6.07) is 9.83. The maximum Gasteiger partial charge on any atom is 0.191 e. The second-order valence-corrected chi connectivity index (χ2v) is 5.45. The molecule has 3 nitrogen and oxygen atoms in total. The van der Waals surface area contributed by atoms with Crippen molar-refractivity contribution in [1.29, 1.82) is 0 Å². The van der Waals surface area contributed by atoms with Gasteiger partial charge in [-0.05, 0) is 0 Å². The van der Waals surface area contributed by atoms with Gasteiger partial charge in [-0.1, -0.05) is 44.2 Å². The average Bonchev–Trinajstić information content (AvgIpc) is 2.60. The monoisotopic (exact) mass is 245 g/mol. The quantitative estimate of drug-likeness (QED) is 0.466. The fraction of sp³-hybridized carbons (Fsp3) is 0.400. The van der Waals surface area contributed by atoms with Crippen LogP contribution in [-0.2, 0) is 4.74 Å². The molecule has 0 aliphatic carbocycles. The standard InChI is InChI=1S/C15H19NO2/c1-15(2)10-13(16(17)11-15)9-14(18-3)12-7-5-4-6-8-12/h4-9H,10-11H2,1-3H3/b14-9-. The first kappa shape index (κ1) is 12.7. The molecule has 0 N–H and O–H groups in total. The highest BCUT2D eigenvalue weighted by molar-refractivity contribution is 5.97. The molecule has 1 aromatic carbocycles. The predicted molar refractivity (Wildman–Crippen MR) is 73.3 cm³/mol. The third-order valence-corrected chi connectivity index (χ3v) is 3.13. The first-order valence-electron chi connectivity index (χ1n) is 6.13. The smallest absolute Gasteiger partial charge is 0.191 e. The van der Waals surface area contributed by atoms with E-state index in [0.29, 0.717) is 6.54 Å². The van der Waals surface area contributed by atoms with Crippen LogP contribution in [0.1, 0.15) is 25.8 Å². The zero-order valence-corrected chi connectivity index (χ0v) is 11.1. The van der Waals surface area contributed by atoms with E-state index in [2.05, 4.69) is 13.8 Å². The number of ether oxygens (including phenoxy) is 1. The predicted octanol–water partition coefficient (Wildman–Crippen LogP) is 3.06. The minimum absolute atomic E-state index is 0.0448. The van der Waals surface area contributed by atoms with E-state index < -0.39 is 0 Å². The number of hydrogen-bond donors (Lipinski definition) is 0. The minimum atomic E-state index is 0.0448. The molecule has 0 unspecified atom stereocenters. The topological polar surface area (TPSA) is 35.3 Å². The van der Waals surface area contributed by atoms with Gasteiger partial charge in [0.05, 0.1) is 7.11 Å². The molecule has 0 saturated carbocycles. The van der Waals surface area contributed by atoms with Gasteiger partial charge in [-0.15, -0.1) is 0 Å². The highest BCUT2D eigenvalue weighted by Crippen LogP contribution is 2.28. The summed E-state index contributed by atoms with van der Waals surface area (Å²) in [4.78, 5) is 0. The van der Waals surface area contributed by atoms with Gasteiger partial charge in [-0.2, -0.15) is 0 Å². The summed E-state index contributed by atoms with van der Waals surface area (Å²) < 4.78 is 6.46. The highest BCUT2D eigenvalue weighted by atomic mass is 16.5. The molecule has 0 aromatic heterocycles. The van der Waals surface area contributed by atoms with Crippen LogP contribution in [0.4, 0.5) is 0 Å². The second-order valence-electron chi connectivity index (χ2n) is 5.45. The van der Waals surface area contributed by atoms with E-state index in [0.717, 1.165) is 28.2 Å². The average molecular weight is 245 g/mol. The van der Waals surface area contributed by atoms with Crippen molar-refractivity contribution < 1.29 is 9.48 Å². The van der Waals surface area contributed by atoms with Gasteiger partial charge in [0.1, 0.15) is 5.76 Å². The van der Waals surface area contributed by atoms with E-state index in [1.165, 1.54) is 0 Å². The van der Waals surface area contributed by atoms with Crippen molar-refractivity contribution in [3.05, 3.63) is 47.2 Å². The van der Waals surface area contributed by atoms with E-state index in [9.17, 15) is 5.21 Å². The van der Waals surface area contributed by atoms with Crippen LogP contribution in [-0.4, -0.2) is 24.1 Å². The maximum absolute atomic E-state index is 11.9. The SMILES string of the molecule is CO/C(=C\C1=[N+]([O-])CC(C)(C)C1)c1ccccc1. The number of rotatable bonds is 3. The van der Waals surface area contributed by atoms with Gasteiger partial charge in [0.2, 0.25) is 0 Å². The Hall–Kier alpha value is -1.77. The van der Waals surface area contributed by atoms with Gasteiger partial charge in [-0.25, -0.2) is 4.74 Å². The molecular weight excluding hydrogens is 226 g/mol. The molecular formula is C15H19NO2. The summed E-state index contributed by atoms with van der Waals surface area (Å²) in [6.45, 7) is 4.76. The molecule has 1 aliphatic rings. The molecule has 0 radical (unpaired) electrons. The second kappa shape index (κ2) is 4.84. The van der Waals surface area contributed by atoms with Gasteiger partial charge in [0.25, 0.3) is 0 Å². The van der Waals surface area contributed by atoms with Gasteiger partial charge in [-0.3, -0.25) is 0 Å². The van der Waals surface area contributed by atoms with Gasteiger partial charge in [0, 0.05) is 23.5 Å². The summed E-state index contributed by atoms with van der Waals surface area (Å²) in [5, 5.41) is 11.9. The number of benzene rings is 1. The lowest BCUT2D eigenvalue weighted by atomic mass is 9.90. The molecule has 96 valence electrons. The lowest BCUT2D eigenvalue weighted by Crippen LogP contribution is -2.14. The molecule has 0 amide bonds. The number of allylic oxidation sites excluding steroid dienone is 1. The fourth-order valence-corrected chi connectivity index (χ4v) is 2.26. The van der Waals surface area contributed by atoms with E-state index in [1.54, 1.807) is 7.11 Å². The van der Waals surface area contributed by atoms with Crippen LogP contribution in [0.15, 0.2) is 36.4 Å². The Labute approximate surface area is 108 Å². The molecule has 0 bridgehead atoms. The first-order valence-corrected chi connectivity index (χ1v) is 6.13. The zero-order valence-electron chi connectivity index (χ0n) is 11.1. The van der Waals surface area contributed by atoms with Crippen LogP contribution in [0.5, 0.6) is 0 Å². The summed E-state index contributed by atoms with van der Waals surface area (Å²) in [5.74, 6) is 0.740. The van der Waals surface area contributed by atoms with Crippen molar-refractivity contribution in [3.8, 4) is 0 Å². The van der Waals surface area contributed by atoms with E-state index in [4.69, 9.17) is 4.74 Å². The Morgan fingerprint density at radius 1 is 1.33 bits per heavy atom. The first-order chi connectivity index (χ1) is 8.52. The van der Waals surface area contributed by atoms with Crippen LogP contribution < -0.4 is 0 Å². The Morgan fingerprint density at radius 3 is 2.50 bits per heavy atom. The highest BCUT2D eigenvalue weighted by Gasteiger charge is 2.34. The van der Waals surface area contributed by atoms with Crippen LogP contribution in [0, 0.1) is 10.6 Å². The zero-order chi connectivity index (χ0) is 13.2. The van der Waals surface area contributed by atoms with Crippen LogP contribution in [0.3, 0.4) is 0 Å². The number of nitrogens with zero attached hydrogens (tertiary/aromatic N) is 1. The molecule has 1 heterocycles. The number of hydrogen-bond acceptors (Lipinski definition) is 2. The Kier molecular flexibility index (Phi) is 3.41. The molecule has 0 saturated heterocycles. The summed E-state index contributed by atoms with van der Waals surface area (Å²) in [5.41, 5.74) is 1.83. The number of hydroxylamine groups is 1. The lowest BCUT2D eigenvalue weighted by molar-refractivity contribution is -0.459. The molecule has 0 atom stereocenters. The van der Waals surface area contributed by atoms with Crippen molar-refractivity contribution in [1.82, 2.24) is 0 Å². The molecule has 0 spiro atoms. The molecule has 3 heteroatoms. The Morgan fingerprint density at radius 2 is 2.00 bits per heavy atom. The van der Waals surface area contributed by atoms with Gasteiger partial charge in [0.15, 0.2) is 12.3 Å². The minimum Gasteiger partial charge on any atom is -0.624 e. The van der Waals surface area contributed by atoms with Gasteiger partial charge >= 0.3 is 0 Å². The third-order valence-electron chi connectivity index (χ3n) is 3.13. The fourth-order valence-electron chi connectivity index (χ4n) is 2.26. The third kappa shape index (κ3) is 2.73.